The maximum atomic E-state index is 12.2. The van der Waals surface area contributed by atoms with Crippen LogP contribution < -0.4 is 9.47 Å². The minimum atomic E-state index is 0.154. The highest BCUT2D eigenvalue weighted by molar-refractivity contribution is 7.09. The molecule has 0 atom stereocenters. The van der Waals surface area contributed by atoms with Crippen molar-refractivity contribution in [1.82, 2.24) is 4.90 Å². The van der Waals surface area contributed by atoms with E-state index < -0.39 is 0 Å². The first-order valence-electron chi connectivity index (χ1n) is 6.87. The van der Waals surface area contributed by atoms with Crippen LogP contribution in [0.15, 0.2) is 35.7 Å². The Morgan fingerprint density at radius 1 is 1.29 bits per heavy atom. The van der Waals surface area contributed by atoms with E-state index in [4.69, 9.17) is 9.47 Å². The number of fused-ring (bicyclic) bond motifs is 1. The third-order valence-corrected chi connectivity index (χ3v) is 4.38. The Hall–Kier alpha value is -2.01. The third kappa shape index (κ3) is 3.36. The minimum Gasteiger partial charge on any atom is -0.454 e. The van der Waals surface area contributed by atoms with Gasteiger partial charge in [0.2, 0.25) is 12.7 Å². The Bertz CT molecular complexity index is 624. The second-order valence-corrected chi connectivity index (χ2v) is 6.05. The summed E-state index contributed by atoms with van der Waals surface area (Å²) in [7, 11) is 1.83. The number of amides is 1. The molecular weight excluding hydrogens is 286 g/mol. The highest BCUT2D eigenvalue weighted by Gasteiger charge is 2.15. The number of thiophene rings is 1. The van der Waals surface area contributed by atoms with Gasteiger partial charge in [-0.3, -0.25) is 4.79 Å². The molecule has 1 aliphatic rings. The van der Waals surface area contributed by atoms with E-state index in [-0.39, 0.29) is 12.7 Å². The van der Waals surface area contributed by atoms with Crippen molar-refractivity contribution in [1.29, 1.82) is 0 Å². The van der Waals surface area contributed by atoms with E-state index in [9.17, 15) is 4.79 Å². The quantitative estimate of drug-likeness (QED) is 0.852. The van der Waals surface area contributed by atoms with Crippen molar-refractivity contribution in [2.75, 3.05) is 13.8 Å². The zero-order valence-electron chi connectivity index (χ0n) is 11.9. The monoisotopic (exact) mass is 303 g/mol. The van der Waals surface area contributed by atoms with Crippen LogP contribution in [0.5, 0.6) is 11.5 Å². The Morgan fingerprint density at radius 2 is 2.14 bits per heavy atom. The van der Waals surface area contributed by atoms with E-state index in [1.165, 1.54) is 4.88 Å². The average molecular weight is 303 g/mol. The smallest absolute Gasteiger partial charge is 0.231 e. The molecule has 1 aromatic carbocycles. The van der Waals surface area contributed by atoms with Gasteiger partial charge >= 0.3 is 0 Å². The van der Waals surface area contributed by atoms with Crippen LogP contribution in [0.2, 0.25) is 0 Å². The largest absolute Gasteiger partial charge is 0.454 e. The highest BCUT2D eigenvalue weighted by Crippen LogP contribution is 2.32. The number of benzene rings is 1. The van der Waals surface area contributed by atoms with Crippen molar-refractivity contribution in [2.45, 2.75) is 19.4 Å². The Labute approximate surface area is 127 Å². The van der Waals surface area contributed by atoms with Crippen LogP contribution in [-0.4, -0.2) is 24.6 Å². The normalized spacial score (nSPS) is 12.4. The summed E-state index contributed by atoms with van der Waals surface area (Å²) in [5, 5.41) is 2.04. The van der Waals surface area contributed by atoms with Crippen molar-refractivity contribution >= 4 is 17.2 Å². The van der Waals surface area contributed by atoms with E-state index >= 15 is 0 Å². The summed E-state index contributed by atoms with van der Waals surface area (Å²) in [5.41, 5.74) is 1.05. The lowest BCUT2D eigenvalue weighted by atomic mass is 10.2. The zero-order valence-corrected chi connectivity index (χ0v) is 12.7. The summed E-state index contributed by atoms with van der Waals surface area (Å²) in [6, 6.07) is 9.88. The molecule has 2 aromatic rings. The fourth-order valence-electron chi connectivity index (χ4n) is 2.28. The molecule has 110 valence electrons. The van der Waals surface area contributed by atoms with Crippen molar-refractivity contribution in [3.8, 4) is 11.5 Å². The SMILES string of the molecule is CN(Cc1ccc2c(c1)OCO2)C(=O)CCc1cccs1. The Morgan fingerprint density at radius 3 is 2.95 bits per heavy atom. The molecule has 21 heavy (non-hydrogen) atoms. The third-order valence-electron chi connectivity index (χ3n) is 3.45. The molecule has 0 bridgehead atoms. The molecule has 0 spiro atoms. The van der Waals surface area contributed by atoms with Crippen LogP contribution in [-0.2, 0) is 17.8 Å². The molecule has 2 heterocycles. The summed E-state index contributed by atoms with van der Waals surface area (Å²) in [4.78, 5) is 15.2. The Kier molecular flexibility index (Phi) is 4.10. The van der Waals surface area contributed by atoms with Gasteiger partial charge in [-0.05, 0) is 35.6 Å². The number of nitrogens with zero attached hydrogens (tertiary/aromatic N) is 1. The molecule has 0 saturated heterocycles. The van der Waals surface area contributed by atoms with Gasteiger partial charge in [0, 0.05) is 24.9 Å². The van der Waals surface area contributed by atoms with Gasteiger partial charge in [0.05, 0.1) is 0 Å². The lowest BCUT2D eigenvalue weighted by Gasteiger charge is -2.17. The second kappa shape index (κ2) is 6.18. The van der Waals surface area contributed by atoms with Crippen LogP contribution in [0.3, 0.4) is 0 Å². The van der Waals surface area contributed by atoms with Crippen molar-refractivity contribution in [3.05, 3.63) is 46.2 Å². The fraction of sp³-hybridized carbons (Fsp3) is 0.312. The number of rotatable bonds is 5. The lowest BCUT2D eigenvalue weighted by molar-refractivity contribution is -0.130. The van der Waals surface area contributed by atoms with E-state index in [1.807, 2.05) is 36.7 Å². The predicted octanol–water partition coefficient (Wildman–Crippen LogP) is 3.07. The summed E-state index contributed by atoms with van der Waals surface area (Å²) in [6.07, 6.45) is 1.35. The minimum absolute atomic E-state index is 0.154. The number of hydrogen-bond donors (Lipinski definition) is 0. The summed E-state index contributed by atoms with van der Waals surface area (Å²) >= 11 is 1.69. The molecule has 0 radical (unpaired) electrons. The molecule has 0 saturated carbocycles. The van der Waals surface area contributed by atoms with E-state index in [2.05, 4.69) is 6.07 Å². The molecule has 5 heteroatoms. The average Bonchev–Trinajstić information content (AvgIpc) is 3.15. The molecular formula is C16H17NO3S. The first kappa shape index (κ1) is 13.9. The summed E-state index contributed by atoms with van der Waals surface area (Å²) in [5.74, 6) is 1.68. The standard InChI is InChI=1S/C16H17NO3S/c1-17(16(18)7-5-13-3-2-8-21-13)10-12-4-6-14-15(9-12)20-11-19-14/h2-4,6,8-9H,5,7,10-11H2,1H3. The number of ether oxygens (including phenoxy) is 2. The summed E-state index contributed by atoms with van der Waals surface area (Å²) in [6.45, 7) is 0.855. The maximum absolute atomic E-state index is 12.2. The van der Waals surface area contributed by atoms with Gasteiger partial charge < -0.3 is 14.4 Å². The topological polar surface area (TPSA) is 38.8 Å². The first-order valence-corrected chi connectivity index (χ1v) is 7.75. The molecule has 1 aromatic heterocycles. The number of carbonyl (C=O) groups is 1. The van der Waals surface area contributed by atoms with Crippen LogP contribution in [0.1, 0.15) is 16.9 Å². The van der Waals surface area contributed by atoms with Crippen molar-refractivity contribution in [3.63, 3.8) is 0 Å². The van der Waals surface area contributed by atoms with Crippen LogP contribution in [0.4, 0.5) is 0 Å². The number of aryl methyl sites for hydroxylation is 1. The molecule has 4 nitrogen and oxygen atoms in total. The zero-order chi connectivity index (χ0) is 14.7. The first-order chi connectivity index (χ1) is 10.2. The van der Waals surface area contributed by atoms with Gasteiger partial charge in [0.1, 0.15) is 0 Å². The van der Waals surface area contributed by atoms with Gasteiger partial charge in [0.15, 0.2) is 11.5 Å². The number of hydrogen-bond acceptors (Lipinski definition) is 4. The van der Waals surface area contributed by atoms with E-state index in [0.717, 1.165) is 23.5 Å². The van der Waals surface area contributed by atoms with Crippen LogP contribution >= 0.6 is 11.3 Å². The van der Waals surface area contributed by atoms with Crippen molar-refractivity contribution < 1.29 is 14.3 Å². The van der Waals surface area contributed by atoms with Gasteiger partial charge in [-0.25, -0.2) is 0 Å². The highest BCUT2D eigenvalue weighted by atomic mass is 32.1. The van der Waals surface area contributed by atoms with Crippen LogP contribution in [0, 0.1) is 0 Å². The molecule has 0 fully saturated rings. The van der Waals surface area contributed by atoms with Gasteiger partial charge in [0.25, 0.3) is 0 Å². The van der Waals surface area contributed by atoms with E-state index in [1.54, 1.807) is 16.2 Å². The summed E-state index contributed by atoms with van der Waals surface area (Å²) < 4.78 is 10.6. The molecule has 3 rings (SSSR count). The van der Waals surface area contributed by atoms with Crippen molar-refractivity contribution in [2.24, 2.45) is 0 Å². The predicted molar refractivity (Wildman–Crippen MR) is 81.7 cm³/mol. The Balaban J connectivity index is 1.55. The molecule has 1 aliphatic heterocycles. The number of carbonyl (C=O) groups excluding carboxylic acids is 1. The van der Waals surface area contributed by atoms with Crippen LogP contribution in [0.25, 0.3) is 0 Å². The molecule has 0 aliphatic carbocycles. The molecule has 0 unspecified atom stereocenters. The lowest BCUT2D eigenvalue weighted by Crippen LogP contribution is -2.26. The molecule has 0 N–H and O–H groups in total. The molecule has 1 amide bonds. The van der Waals surface area contributed by atoms with Gasteiger partial charge in [-0.1, -0.05) is 12.1 Å². The second-order valence-electron chi connectivity index (χ2n) is 5.02. The maximum Gasteiger partial charge on any atom is 0.231 e. The van der Waals surface area contributed by atoms with Gasteiger partial charge in [-0.15, -0.1) is 11.3 Å². The van der Waals surface area contributed by atoms with Gasteiger partial charge in [-0.2, -0.15) is 0 Å². The van der Waals surface area contributed by atoms with E-state index in [0.29, 0.717) is 13.0 Å². The fourth-order valence-corrected chi connectivity index (χ4v) is 2.99.